The van der Waals surface area contributed by atoms with E-state index in [4.69, 9.17) is 5.73 Å². The Balaban J connectivity index is 1.86. The average molecular weight is 280 g/mol. The highest BCUT2D eigenvalue weighted by atomic mass is 16.1. The van der Waals surface area contributed by atoms with E-state index in [0.717, 1.165) is 22.2 Å². The van der Waals surface area contributed by atoms with Crippen molar-refractivity contribution >= 4 is 22.5 Å². The highest BCUT2D eigenvalue weighted by molar-refractivity contribution is 6.05. The van der Waals surface area contributed by atoms with E-state index in [1.807, 2.05) is 37.4 Å². The number of fused-ring (bicyclic) bond motifs is 1. The molecule has 0 aliphatic carbocycles. The highest BCUT2D eigenvalue weighted by Gasteiger charge is 2.08. The maximum absolute atomic E-state index is 12.3. The maximum atomic E-state index is 12.3. The quantitative estimate of drug-likeness (QED) is 0.773. The second-order valence-electron chi connectivity index (χ2n) is 4.90. The molecular weight excluding hydrogens is 264 g/mol. The predicted molar refractivity (Wildman–Crippen MR) is 83.0 cm³/mol. The average Bonchev–Trinajstić information content (AvgIpc) is 2.88. The summed E-state index contributed by atoms with van der Waals surface area (Å²) in [5, 5.41) is 8.13. The highest BCUT2D eigenvalue weighted by Crippen LogP contribution is 2.19. The third kappa shape index (κ3) is 2.64. The number of hydrogen-bond donors (Lipinski definition) is 2. The van der Waals surface area contributed by atoms with Crippen molar-refractivity contribution in [2.24, 2.45) is 12.8 Å². The Morgan fingerprint density at radius 3 is 2.95 bits per heavy atom. The molecule has 5 nitrogen and oxygen atoms in total. The molecule has 0 fully saturated rings. The van der Waals surface area contributed by atoms with E-state index in [1.54, 1.807) is 23.0 Å². The SMILES string of the molecule is Cn1ncc2ccc(NC(=O)c3cccc(CN)c3)cc21. The molecule has 0 spiro atoms. The van der Waals surface area contributed by atoms with E-state index in [2.05, 4.69) is 10.4 Å². The van der Waals surface area contributed by atoms with E-state index in [1.165, 1.54) is 0 Å². The Labute approximate surface area is 122 Å². The number of carbonyl (C=O) groups excluding carboxylic acids is 1. The second-order valence-corrected chi connectivity index (χ2v) is 4.90. The fourth-order valence-electron chi connectivity index (χ4n) is 2.26. The van der Waals surface area contributed by atoms with Crippen LogP contribution in [0.5, 0.6) is 0 Å². The van der Waals surface area contributed by atoms with Crippen LogP contribution in [0.3, 0.4) is 0 Å². The van der Waals surface area contributed by atoms with Crippen molar-refractivity contribution in [1.82, 2.24) is 9.78 Å². The molecule has 5 heteroatoms. The summed E-state index contributed by atoms with van der Waals surface area (Å²) in [7, 11) is 1.87. The summed E-state index contributed by atoms with van der Waals surface area (Å²) in [6.45, 7) is 0.419. The number of carbonyl (C=O) groups is 1. The van der Waals surface area contributed by atoms with Crippen LogP contribution < -0.4 is 11.1 Å². The van der Waals surface area contributed by atoms with E-state index in [0.29, 0.717) is 12.1 Å². The molecule has 0 aliphatic heterocycles. The number of nitrogens with one attached hydrogen (secondary N) is 1. The van der Waals surface area contributed by atoms with Crippen molar-refractivity contribution < 1.29 is 4.79 Å². The lowest BCUT2D eigenvalue weighted by molar-refractivity contribution is 0.102. The van der Waals surface area contributed by atoms with Gasteiger partial charge < -0.3 is 11.1 Å². The van der Waals surface area contributed by atoms with Gasteiger partial charge in [0.1, 0.15) is 0 Å². The number of benzene rings is 2. The molecule has 0 aliphatic rings. The first-order chi connectivity index (χ1) is 10.2. The van der Waals surface area contributed by atoms with Crippen LogP contribution in [-0.4, -0.2) is 15.7 Å². The summed E-state index contributed by atoms with van der Waals surface area (Å²) in [4.78, 5) is 12.3. The van der Waals surface area contributed by atoms with E-state index in [-0.39, 0.29) is 5.91 Å². The number of nitrogens with two attached hydrogens (primary N) is 1. The van der Waals surface area contributed by atoms with Gasteiger partial charge in [0.2, 0.25) is 0 Å². The molecule has 3 N–H and O–H groups in total. The van der Waals surface area contributed by atoms with Crippen molar-refractivity contribution in [3.05, 3.63) is 59.8 Å². The molecule has 0 unspecified atom stereocenters. The molecule has 0 saturated heterocycles. The molecule has 21 heavy (non-hydrogen) atoms. The fraction of sp³-hybridized carbons (Fsp3) is 0.125. The predicted octanol–water partition coefficient (Wildman–Crippen LogP) is 2.28. The van der Waals surface area contributed by atoms with Gasteiger partial charge in [-0.2, -0.15) is 5.10 Å². The van der Waals surface area contributed by atoms with Gasteiger partial charge in [0.05, 0.1) is 11.7 Å². The summed E-state index contributed by atoms with van der Waals surface area (Å²) in [6, 6.07) is 13.0. The van der Waals surface area contributed by atoms with Gasteiger partial charge in [0.15, 0.2) is 0 Å². The van der Waals surface area contributed by atoms with E-state index >= 15 is 0 Å². The summed E-state index contributed by atoms with van der Waals surface area (Å²) >= 11 is 0. The van der Waals surface area contributed by atoms with Crippen molar-refractivity contribution in [3.63, 3.8) is 0 Å². The van der Waals surface area contributed by atoms with Gasteiger partial charge in [-0.15, -0.1) is 0 Å². The number of amides is 1. The zero-order chi connectivity index (χ0) is 14.8. The molecule has 0 radical (unpaired) electrons. The molecule has 0 saturated carbocycles. The third-order valence-electron chi connectivity index (χ3n) is 3.43. The summed E-state index contributed by atoms with van der Waals surface area (Å²) < 4.78 is 1.78. The topological polar surface area (TPSA) is 72.9 Å². The van der Waals surface area contributed by atoms with Gasteiger partial charge >= 0.3 is 0 Å². The fourth-order valence-corrected chi connectivity index (χ4v) is 2.26. The number of nitrogens with zero attached hydrogens (tertiary/aromatic N) is 2. The molecule has 1 amide bonds. The Hall–Kier alpha value is -2.66. The zero-order valence-electron chi connectivity index (χ0n) is 11.7. The lowest BCUT2D eigenvalue weighted by atomic mass is 10.1. The van der Waals surface area contributed by atoms with Gasteiger partial charge in [0.25, 0.3) is 5.91 Å². The van der Waals surface area contributed by atoms with Gasteiger partial charge in [-0.05, 0) is 35.9 Å². The van der Waals surface area contributed by atoms with E-state index in [9.17, 15) is 4.79 Å². The van der Waals surface area contributed by atoms with Gasteiger partial charge in [-0.25, -0.2) is 0 Å². The summed E-state index contributed by atoms with van der Waals surface area (Å²) in [5.74, 6) is -0.146. The molecule has 2 aromatic carbocycles. The Morgan fingerprint density at radius 1 is 1.29 bits per heavy atom. The van der Waals surface area contributed by atoms with Crippen LogP contribution in [0.2, 0.25) is 0 Å². The van der Waals surface area contributed by atoms with Gasteiger partial charge in [-0.1, -0.05) is 12.1 Å². The molecule has 0 bridgehead atoms. The first kappa shape index (κ1) is 13.3. The van der Waals surface area contributed by atoms with Crippen molar-refractivity contribution in [2.45, 2.75) is 6.54 Å². The lowest BCUT2D eigenvalue weighted by Crippen LogP contribution is -2.12. The molecular formula is C16H16N4O. The minimum absolute atomic E-state index is 0.146. The van der Waals surface area contributed by atoms with Crippen LogP contribution in [0.15, 0.2) is 48.7 Å². The number of hydrogen-bond acceptors (Lipinski definition) is 3. The molecule has 106 valence electrons. The standard InChI is InChI=1S/C16H16N4O/c1-20-15-8-14(6-5-13(15)10-18-20)19-16(21)12-4-2-3-11(7-12)9-17/h2-8,10H,9,17H2,1H3,(H,19,21). The second kappa shape index (κ2) is 5.38. The summed E-state index contributed by atoms with van der Waals surface area (Å²) in [6.07, 6.45) is 1.80. The summed E-state index contributed by atoms with van der Waals surface area (Å²) in [5.41, 5.74) is 8.85. The smallest absolute Gasteiger partial charge is 0.255 e. The van der Waals surface area contributed by atoms with E-state index < -0.39 is 0 Å². The van der Waals surface area contributed by atoms with Crippen LogP contribution >= 0.6 is 0 Å². The third-order valence-corrected chi connectivity index (χ3v) is 3.43. The molecule has 1 aromatic heterocycles. The first-order valence-electron chi connectivity index (χ1n) is 6.69. The van der Waals surface area contributed by atoms with Crippen LogP contribution in [-0.2, 0) is 13.6 Å². The van der Waals surface area contributed by atoms with Crippen molar-refractivity contribution in [3.8, 4) is 0 Å². The lowest BCUT2D eigenvalue weighted by Gasteiger charge is -2.07. The van der Waals surface area contributed by atoms with Crippen LogP contribution in [0, 0.1) is 0 Å². The van der Waals surface area contributed by atoms with Crippen LogP contribution in [0.25, 0.3) is 10.9 Å². The van der Waals surface area contributed by atoms with Crippen LogP contribution in [0.4, 0.5) is 5.69 Å². The van der Waals surface area contributed by atoms with Crippen molar-refractivity contribution in [2.75, 3.05) is 5.32 Å². The number of aryl methyl sites for hydroxylation is 1. The van der Waals surface area contributed by atoms with Crippen molar-refractivity contribution in [1.29, 1.82) is 0 Å². The Morgan fingerprint density at radius 2 is 2.14 bits per heavy atom. The molecule has 0 atom stereocenters. The number of anilines is 1. The maximum Gasteiger partial charge on any atom is 0.255 e. The normalized spacial score (nSPS) is 10.8. The molecule has 1 heterocycles. The minimum Gasteiger partial charge on any atom is -0.326 e. The Kier molecular flexibility index (Phi) is 3.41. The van der Waals surface area contributed by atoms with Crippen LogP contribution in [0.1, 0.15) is 15.9 Å². The Bertz CT molecular complexity index is 807. The number of aromatic nitrogens is 2. The molecule has 3 aromatic rings. The zero-order valence-corrected chi connectivity index (χ0v) is 11.7. The van der Waals surface area contributed by atoms with Gasteiger partial charge in [0, 0.05) is 30.2 Å². The minimum atomic E-state index is -0.146. The molecule has 3 rings (SSSR count). The monoisotopic (exact) mass is 280 g/mol. The number of rotatable bonds is 3. The van der Waals surface area contributed by atoms with Gasteiger partial charge in [-0.3, -0.25) is 9.48 Å². The first-order valence-corrected chi connectivity index (χ1v) is 6.69. The largest absolute Gasteiger partial charge is 0.326 e.